The van der Waals surface area contributed by atoms with Gasteiger partial charge in [-0.2, -0.15) is 0 Å². The third-order valence-electron chi connectivity index (χ3n) is 4.77. The molecule has 3 rings (SSSR count). The van der Waals surface area contributed by atoms with Gasteiger partial charge in [-0.15, -0.1) is 0 Å². The van der Waals surface area contributed by atoms with Crippen LogP contribution in [-0.2, 0) is 14.3 Å². The standard InChI is InChI=1S/C26H24FNO3/c27-23-13-7-8-20(18-23)14-15-26(30)31-19-25(29)28-17-16-24(21-9-3-1-4-10-21)22-11-5-2-6-12-22/h1-15,18,24H,16-17,19H2,(H,28,29)/b15-14+. The van der Waals surface area contributed by atoms with E-state index in [9.17, 15) is 14.0 Å². The van der Waals surface area contributed by atoms with Crippen LogP contribution in [-0.4, -0.2) is 25.0 Å². The summed E-state index contributed by atoms with van der Waals surface area (Å²) >= 11 is 0. The van der Waals surface area contributed by atoms with Gasteiger partial charge >= 0.3 is 5.97 Å². The number of hydrogen-bond acceptors (Lipinski definition) is 3. The second-order valence-electron chi connectivity index (χ2n) is 7.01. The zero-order chi connectivity index (χ0) is 21.9. The van der Waals surface area contributed by atoms with Crippen molar-refractivity contribution >= 4 is 18.0 Å². The summed E-state index contributed by atoms with van der Waals surface area (Å²) in [6, 6.07) is 26.1. The van der Waals surface area contributed by atoms with Crippen molar-refractivity contribution in [3.8, 4) is 0 Å². The summed E-state index contributed by atoms with van der Waals surface area (Å²) in [5.74, 6) is -1.27. The lowest BCUT2D eigenvalue weighted by Gasteiger charge is -2.18. The second-order valence-corrected chi connectivity index (χ2v) is 7.01. The summed E-state index contributed by atoms with van der Waals surface area (Å²) in [4.78, 5) is 23.8. The van der Waals surface area contributed by atoms with Crippen LogP contribution >= 0.6 is 0 Å². The molecule has 0 heterocycles. The first-order chi connectivity index (χ1) is 15.1. The van der Waals surface area contributed by atoms with E-state index in [-0.39, 0.29) is 24.2 Å². The van der Waals surface area contributed by atoms with Crippen LogP contribution in [0, 0.1) is 5.82 Å². The summed E-state index contributed by atoms with van der Waals surface area (Å²) in [5.41, 5.74) is 2.89. The van der Waals surface area contributed by atoms with E-state index in [4.69, 9.17) is 4.74 Å². The van der Waals surface area contributed by atoms with E-state index >= 15 is 0 Å². The van der Waals surface area contributed by atoms with Gasteiger partial charge in [0.2, 0.25) is 0 Å². The Morgan fingerprint density at radius 2 is 1.55 bits per heavy atom. The van der Waals surface area contributed by atoms with Crippen molar-refractivity contribution in [3.05, 3.63) is 114 Å². The Kier molecular flexibility index (Phi) is 8.12. The van der Waals surface area contributed by atoms with Gasteiger partial charge in [0.05, 0.1) is 0 Å². The van der Waals surface area contributed by atoms with Crippen LogP contribution in [0.3, 0.4) is 0 Å². The molecule has 0 atom stereocenters. The minimum Gasteiger partial charge on any atom is -0.452 e. The molecule has 3 aromatic rings. The molecule has 5 heteroatoms. The molecule has 1 N–H and O–H groups in total. The Morgan fingerprint density at radius 3 is 2.16 bits per heavy atom. The first-order valence-corrected chi connectivity index (χ1v) is 10.1. The maximum Gasteiger partial charge on any atom is 0.331 e. The number of hydrogen-bond donors (Lipinski definition) is 1. The Hall–Kier alpha value is -3.73. The quantitative estimate of drug-likeness (QED) is 0.405. The van der Waals surface area contributed by atoms with Crippen molar-refractivity contribution in [1.29, 1.82) is 0 Å². The maximum absolute atomic E-state index is 13.1. The molecule has 0 fully saturated rings. The van der Waals surface area contributed by atoms with Gasteiger partial charge < -0.3 is 10.1 Å². The van der Waals surface area contributed by atoms with Gasteiger partial charge in [-0.05, 0) is 41.3 Å². The van der Waals surface area contributed by atoms with Gasteiger partial charge in [0, 0.05) is 18.5 Å². The minimum absolute atomic E-state index is 0.152. The summed E-state index contributed by atoms with van der Waals surface area (Å²) in [6.45, 7) is 0.0810. The van der Waals surface area contributed by atoms with Crippen molar-refractivity contribution in [1.82, 2.24) is 5.32 Å². The highest BCUT2D eigenvalue weighted by atomic mass is 19.1. The van der Waals surface area contributed by atoms with Crippen molar-refractivity contribution in [2.45, 2.75) is 12.3 Å². The number of carbonyl (C=O) groups is 2. The fourth-order valence-electron chi connectivity index (χ4n) is 3.26. The Morgan fingerprint density at radius 1 is 0.903 bits per heavy atom. The molecule has 0 saturated carbocycles. The number of rotatable bonds is 9. The van der Waals surface area contributed by atoms with E-state index < -0.39 is 5.97 Å². The summed E-state index contributed by atoms with van der Waals surface area (Å²) in [7, 11) is 0. The molecule has 158 valence electrons. The SMILES string of the molecule is O=C(COC(=O)/C=C/c1cccc(F)c1)NCCC(c1ccccc1)c1ccccc1. The minimum atomic E-state index is -0.661. The molecule has 0 aliphatic carbocycles. The van der Waals surface area contributed by atoms with E-state index in [2.05, 4.69) is 29.6 Å². The van der Waals surface area contributed by atoms with Crippen LogP contribution < -0.4 is 5.32 Å². The maximum atomic E-state index is 13.1. The van der Waals surface area contributed by atoms with E-state index in [0.29, 0.717) is 18.5 Å². The molecule has 0 aromatic heterocycles. The molecule has 0 saturated heterocycles. The fraction of sp³-hybridized carbons (Fsp3) is 0.154. The first-order valence-electron chi connectivity index (χ1n) is 10.1. The molecule has 4 nitrogen and oxygen atoms in total. The van der Waals surface area contributed by atoms with E-state index in [1.807, 2.05) is 36.4 Å². The smallest absolute Gasteiger partial charge is 0.331 e. The van der Waals surface area contributed by atoms with Gasteiger partial charge in [0.25, 0.3) is 5.91 Å². The monoisotopic (exact) mass is 417 g/mol. The normalized spacial score (nSPS) is 10.9. The molecule has 0 aliphatic rings. The Labute approximate surface area is 181 Å². The molecule has 3 aromatic carbocycles. The predicted molar refractivity (Wildman–Crippen MR) is 119 cm³/mol. The van der Waals surface area contributed by atoms with Crippen LogP contribution in [0.5, 0.6) is 0 Å². The van der Waals surface area contributed by atoms with E-state index in [1.54, 1.807) is 12.1 Å². The molecule has 0 spiro atoms. The number of amides is 1. The van der Waals surface area contributed by atoms with Crippen LogP contribution in [0.25, 0.3) is 6.08 Å². The highest BCUT2D eigenvalue weighted by Gasteiger charge is 2.14. The van der Waals surface area contributed by atoms with Crippen LogP contribution in [0.2, 0.25) is 0 Å². The fourth-order valence-corrected chi connectivity index (χ4v) is 3.26. The largest absolute Gasteiger partial charge is 0.452 e. The lowest BCUT2D eigenvalue weighted by molar-refractivity contribution is -0.143. The van der Waals surface area contributed by atoms with Gasteiger partial charge in [0.1, 0.15) is 5.82 Å². The second kappa shape index (κ2) is 11.5. The zero-order valence-electron chi connectivity index (χ0n) is 17.0. The van der Waals surface area contributed by atoms with Gasteiger partial charge in [-0.3, -0.25) is 4.79 Å². The van der Waals surface area contributed by atoms with Crippen molar-refractivity contribution < 1.29 is 18.7 Å². The average Bonchev–Trinajstić information content (AvgIpc) is 2.80. The van der Waals surface area contributed by atoms with E-state index in [0.717, 1.165) is 0 Å². The summed E-state index contributed by atoms with van der Waals surface area (Å²) < 4.78 is 18.1. The molecule has 1 amide bonds. The summed E-state index contributed by atoms with van der Waals surface area (Å²) in [6.07, 6.45) is 3.32. The van der Waals surface area contributed by atoms with Crippen LogP contribution in [0.15, 0.2) is 91.0 Å². The predicted octanol–water partition coefficient (Wildman–Crippen LogP) is 4.72. The van der Waals surface area contributed by atoms with Crippen molar-refractivity contribution in [2.24, 2.45) is 0 Å². The van der Waals surface area contributed by atoms with Crippen LogP contribution in [0.1, 0.15) is 29.0 Å². The number of ether oxygens (including phenoxy) is 1. The van der Waals surface area contributed by atoms with Gasteiger partial charge in [-0.1, -0.05) is 72.8 Å². The number of halogens is 1. The summed E-state index contributed by atoms with van der Waals surface area (Å²) in [5, 5.41) is 2.80. The lowest BCUT2D eigenvalue weighted by Crippen LogP contribution is -2.30. The molecular formula is C26H24FNO3. The van der Waals surface area contributed by atoms with Crippen molar-refractivity contribution in [3.63, 3.8) is 0 Å². The Bertz CT molecular complexity index is 980. The highest BCUT2D eigenvalue weighted by molar-refractivity contribution is 5.89. The number of nitrogens with one attached hydrogen (secondary N) is 1. The third kappa shape index (κ3) is 7.23. The number of esters is 1. The van der Waals surface area contributed by atoms with Gasteiger partial charge in [-0.25, -0.2) is 9.18 Å². The average molecular weight is 417 g/mol. The van der Waals surface area contributed by atoms with Crippen LogP contribution in [0.4, 0.5) is 4.39 Å². The molecule has 0 bridgehead atoms. The first kappa shape index (κ1) is 22.0. The highest BCUT2D eigenvalue weighted by Crippen LogP contribution is 2.27. The lowest BCUT2D eigenvalue weighted by atomic mass is 9.88. The van der Waals surface area contributed by atoms with Crippen molar-refractivity contribution in [2.75, 3.05) is 13.2 Å². The van der Waals surface area contributed by atoms with E-state index in [1.165, 1.54) is 35.4 Å². The molecule has 0 aliphatic heterocycles. The molecule has 0 unspecified atom stereocenters. The zero-order valence-corrected chi connectivity index (χ0v) is 17.0. The number of carbonyl (C=O) groups excluding carboxylic acids is 2. The Balaban J connectivity index is 1.46. The number of benzene rings is 3. The molecule has 0 radical (unpaired) electrons. The molecular weight excluding hydrogens is 393 g/mol. The topological polar surface area (TPSA) is 55.4 Å². The molecule has 31 heavy (non-hydrogen) atoms. The third-order valence-corrected chi connectivity index (χ3v) is 4.77. The van der Waals surface area contributed by atoms with Gasteiger partial charge in [0.15, 0.2) is 6.61 Å².